The molecule has 2 aromatic carbocycles. The number of rotatable bonds is 4. The number of hydrogen-bond donors (Lipinski definition) is 0. The third kappa shape index (κ3) is 3.65. The van der Waals surface area contributed by atoms with E-state index in [1.165, 1.54) is 11.1 Å². The highest BCUT2D eigenvalue weighted by molar-refractivity contribution is 6.32. The van der Waals surface area contributed by atoms with Crippen molar-refractivity contribution in [2.75, 3.05) is 7.11 Å². The quantitative estimate of drug-likeness (QED) is 0.706. The van der Waals surface area contributed by atoms with Crippen molar-refractivity contribution in [1.29, 1.82) is 0 Å². The summed E-state index contributed by atoms with van der Waals surface area (Å²) in [4.78, 5) is 0. The number of halogens is 2. The van der Waals surface area contributed by atoms with Crippen LogP contribution in [0.4, 0.5) is 0 Å². The molecule has 0 spiro atoms. The highest BCUT2D eigenvalue weighted by Crippen LogP contribution is 2.31. The lowest BCUT2D eigenvalue weighted by Gasteiger charge is -2.12. The van der Waals surface area contributed by atoms with Crippen molar-refractivity contribution in [2.24, 2.45) is 0 Å². The molecular formula is C16H16Cl2O. The molecular weight excluding hydrogens is 279 g/mol. The molecule has 0 heterocycles. The molecule has 3 heteroatoms. The smallest absolute Gasteiger partial charge is 0.137 e. The lowest BCUT2D eigenvalue weighted by Crippen LogP contribution is -1.96. The van der Waals surface area contributed by atoms with E-state index >= 15 is 0 Å². The second-order valence-corrected chi connectivity index (χ2v) is 5.49. The van der Waals surface area contributed by atoms with Gasteiger partial charge in [-0.3, -0.25) is 0 Å². The van der Waals surface area contributed by atoms with Gasteiger partial charge < -0.3 is 4.74 Å². The van der Waals surface area contributed by atoms with Gasteiger partial charge >= 0.3 is 0 Å². The maximum Gasteiger partial charge on any atom is 0.137 e. The van der Waals surface area contributed by atoms with Gasteiger partial charge in [0.25, 0.3) is 0 Å². The van der Waals surface area contributed by atoms with E-state index in [9.17, 15) is 0 Å². The number of hydrogen-bond acceptors (Lipinski definition) is 1. The van der Waals surface area contributed by atoms with Gasteiger partial charge in [0.15, 0.2) is 0 Å². The summed E-state index contributed by atoms with van der Waals surface area (Å²) in [7, 11) is 1.60. The molecule has 0 bridgehead atoms. The Kier molecular flexibility index (Phi) is 4.73. The highest BCUT2D eigenvalue weighted by atomic mass is 35.5. The Balaban J connectivity index is 2.13. The average Bonchev–Trinajstić information content (AvgIpc) is 2.41. The van der Waals surface area contributed by atoms with Crippen LogP contribution in [0.1, 0.15) is 22.1 Å². The van der Waals surface area contributed by atoms with Crippen LogP contribution >= 0.6 is 23.2 Å². The topological polar surface area (TPSA) is 9.23 Å². The summed E-state index contributed by atoms with van der Waals surface area (Å²) in [6.45, 7) is 2.07. The van der Waals surface area contributed by atoms with Crippen molar-refractivity contribution in [3.05, 3.63) is 64.2 Å². The minimum absolute atomic E-state index is 0.0916. The Labute approximate surface area is 124 Å². The van der Waals surface area contributed by atoms with Crippen LogP contribution in [0.15, 0.2) is 42.5 Å². The maximum atomic E-state index is 6.45. The Bertz CT molecular complexity index is 549. The SMILES string of the molecule is COc1ccc(C(Cl)Cc2ccc(C)cc2)cc1Cl. The summed E-state index contributed by atoms with van der Waals surface area (Å²) in [6, 6.07) is 14.1. The molecule has 0 radical (unpaired) electrons. The van der Waals surface area contributed by atoms with Gasteiger partial charge in [-0.15, -0.1) is 11.6 Å². The van der Waals surface area contributed by atoms with E-state index in [2.05, 4.69) is 31.2 Å². The molecule has 0 aliphatic rings. The first-order chi connectivity index (χ1) is 9.10. The molecule has 0 saturated carbocycles. The number of alkyl halides is 1. The molecule has 1 nitrogen and oxygen atoms in total. The molecule has 1 atom stereocenters. The summed E-state index contributed by atoms with van der Waals surface area (Å²) >= 11 is 12.6. The van der Waals surface area contributed by atoms with Crippen molar-refractivity contribution in [3.8, 4) is 5.75 Å². The molecule has 0 aliphatic heterocycles. The van der Waals surface area contributed by atoms with Crippen molar-refractivity contribution >= 4 is 23.2 Å². The molecule has 100 valence electrons. The van der Waals surface area contributed by atoms with Gasteiger partial charge in [0.05, 0.1) is 17.5 Å². The molecule has 2 rings (SSSR count). The van der Waals surface area contributed by atoms with Crippen molar-refractivity contribution < 1.29 is 4.74 Å². The largest absolute Gasteiger partial charge is 0.495 e. The van der Waals surface area contributed by atoms with Gasteiger partial charge in [0, 0.05) is 0 Å². The zero-order valence-corrected chi connectivity index (χ0v) is 12.5. The molecule has 19 heavy (non-hydrogen) atoms. The van der Waals surface area contributed by atoms with Gasteiger partial charge in [0.1, 0.15) is 5.75 Å². The Hall–Kier alpha value is -1.18. The molecule has 2 aromatic rings. The Morgan fingerprint density at radius 2 is 1.79 bits per heavy atom. The third-order valence-electron chi connectivity index (χ3n) is 3.07. The van der Waals surface area contributed by atoms with E-state index in [1.807, 2.05) is 18.2 Å². The lowest BCUT2D eigenvalue weighted by molar-refractivity contribution is 0.415. The molecule has 1 unspecified atom stereocenters. The Morgan fingerprint density at radius 3 is 2.37 bits per heavy atom. The molecule has 0 aromatic heterocycles. The van der Waals surface area contributed by atoms with Crippen LogP contribution in [0, 0.1) is 6.92 Å². The Morgan fingerprint density at radius 1 is 1.11 bits per heavy atom. The van der Waals surface area contributed by atoms with Gasteiger partial charge in [-0.05, 0) is 36.6 Å². The summed E-state index contributed by atoms with van der Waals surface area (Å²) in [6.07, 6.45) is 0.782. The number of methoxy groups -OCH3 is 1. The average molecular weight is 295 g/mol. The minimum Gasteiger partial charge on any atom is -0.495 e. The lowest BCUT2D eigenvalue weighted by atomic mass is 10.0. The van der Waals surface area contributed by atoms with Crippen molar-refractivity contribution in [2.45, 2.75) is 18.7 Å². The van der Waals surface area contributed by atoms with Crippen LogP contribution in [0.25, 0.3) is 0 Å². The number of benzene rings is 2. The minimum atomic E-state index is -0.0916. The molecule has 0 fully saturated rings. The summed E-state index contributed by atoms with van der Waals surface area (Å²) in [5, 5.41) is 0.501. The maximum absolute atomic E-state index is 6.45. The third-order valence-corrected chi connectivity index (χ3v) is 3.77. The van der Waals surface area contributed by atoms with E-state index in [0.717, 1.165) is 12.0 Å². The van der Waals surface area contributed by atoms with E-state index in [1.54, 1.807) is 7.11 Å². The summed E-state index contributed by atoms with van der Waals surface area (Å²) in [5.74, 6) is 0.671. The normalized spacial score (nSPS) is 12.2. The fourth-order valence-electron chi connectivity index (χ4n) is 1.93. The van der Waals surface area contributed by atoms with Crippen LogP contribution in [-0.2, 0) is 6.42 Å². The van der Waals surface area contributed by atoms with Gasteiger partial charge in [-0.25, -0.2) is 0 Å². The van der Waals surface area contributed by atoms with Crippen LogP contribution in [0.3, 0.4) is 0 Å². The van der Waals surface area contributed by atoms with Crippen LogP contribution < -0.4 is 4.74 Å². The fraction of sp³-hybridized carbons (Fsp3) is 0.250. The monoisotopic (exact) mass is 294 g/mol. The van der Waals surface area contributed by atoms with E-state index < -0.39 is 0 Å². The first-order valence-electron chi connectivity index (χ1n) is 6.13. The van der Waals surface area contributed by atoms with E-state index in [4.69, 9.17) is 27.9 Å². The summed E-state index contributed by atoms with van der Waals surface area (Å²) in [5.41, 5.74) is 3.48. The van der Waals surface area contributed by atoms with Gasteiger partial charge in [-0.1, -0.05) is 47.5 Å². The molecule has 0 aliphatic carbocycles. The predicted octanol–water partition coefficient (Wildman–Crippen LogP) is 5.18. The first-order valence-corrected chi connectivity index (χ1v) is 6.94. The second-order valence-electron chi connectivity index (χ2n) is 4.55. The standard InChI is InChI=1S/C16H16Cl2O/c1-11-3-5-12(6-4-11)9-14(17)13-7-8-16(19-2)15(18)10-13/h3-8,10,14H,9H2,1-2H3. The van der Waals surface area contributed by atoms with Crippen molar-refractivity contribution in [1.82, 2.24) is 0 Å². The van der Waals surface area contributed by atoms with Crippen LogP contribution in [-0.4, -0.2) is 7.11 Å². The number of ether oxygens (including phenoxy) is 1. The highest BCUT2D eigenvalue weighted by Gasteiger charge is 2.11. The molecule has 0 saturated heterocycles. The second kappa shape index (κ2) is 6.31. The van der Waals surface area contributed by atoms with Gasteiger partial charge in [0.2, 0.25) is 0 Å². The van der Waals surface area contributed by atoms with Crippen molar-refractivity contribution in [3.63, 3.8) is 0 Å². The van der Waals surface area contributed by atoms with E-state index in [0.29, 0.717) is 10.8 Å². The molecule has 0 N–H and O–H groups in total. The fourth-order valence-corrected chi connectivity index (χ4v) is 2.51. The molecule has 0 amide bonds. The van der Waals surface area contributed by atoms with E-state index in [-0.39, 0.29) is 5.38 Å². The summed E-state index contributed by atoms with van der Waals surface area (Å²) < 4.78 is 5.14. The van der Waals surface area contributed by atoms with Crippen LogP contribution in [0.5, 0.6) is 5.75 Å². The zero-order chi connectivity index (χ0) is 13.8. The first kappa shape index (κ1) is 14.2. The van der Waals surface area contributed by atoms with Gasteiger partial charge in [-0.2, -0.15) is 0 Å². The predicted molar refractivity (Wildman–Crippen MR) is 81.5 cm³/mol. The zero-order valence-electron chi connectivity index (χ0n) is 11.0. The van der Waals surface area contributed by atoms with Crippen LogP contribution in [0.2, 0.25) is 5.02 Å². The number of aryl methyl sites for hydroxylation is 1.